The van der Waals surface area contributed by atoms with Crippen LogP contribution in [0.15, 0.2) is 66.8 Å². The van der Waals surface area contributed by atoms with Crippen molar-refractivity contribution in [3.8, 4) is 0 Å². The van der Waals surface area contributed by atoms with Crippen LogP contribution in [-0.2, 0) is 23.9 Å². The fraction of sp³-hybridized carbons (Fsp3) is 0.348. The highest BCUT2D eigenvalue weighted by molar-refractivity contribution is 5.84. The fourth-order valence-corrected chi connectivity index (χ4v) is 2.83. The first kappa shape index (κ1) is 23.1. The third-order valence-electron chi connectivity index (χ3n) is 4.74. The number of nitrogens with one attached hydrogen (secondary N) is 1. The Labute approximate surface area is 176 Å². The number of carboxylic acids is 1. The summed E-state index contributed by atoms with van der Waals surface area (Å²) in [4.78, 5) is 35.1. The molecule has 0 aromatic heterocycles. The predicted octanol–water partition coefficient (Wildman–Crippen LogP) is 2.75. The maximum absolute atomic E-state index is 13.0. The Balaban J connectivity index is 2.13. The van der Waals surface area contributed by atoms with E-state index in [-0.39, 0.29) is 11.8 Å². The summed E-state index contributed by atoms with van der Waals surface area (Å²) in [6, 6.07) is 8.57. The minimum Gasteiger partial charge on any atom is -0.478 e. The molecular weight excluding hydrogens is 386 g/mol. The zero-order valence-corrected chi connectivity index (χ0v) is 17.3. The molecule has 0 aliphatic carbocycles. The van der Waals surface area contributed by atoms with Gasteiger partial charge >= 0.3 is 11.9 Å². The standard InChI is InChI=1S/C23H27NO6/c1-16(18-11-7-6-8-12-18)21(24-17(2)25)22(28)30-19(23(3)15-29-23)13-9-4-5-10-14-20(26)27/h4-14,16,19,21H,15H2,1-3H3,(H,24,25)(H,26,27)/b5-4+,13-9+,14-10+. The van der Waals surface area contributed by atoms with Crippen molar-refractivity contribution in [3.63, 3.8) is 0 Å². The van der Waals surface area contributed by atoms with Crippen LogP contribution < -0.4 is 5.32 Å². The highest BCUT2D eigenvalue weighted by atomic mass is 16.6. The van der Waals surface area contributed by atoms with E-state index in [2.05, 4.69) is 5.32 Å². The van der Waals surface area contributed by atoms with Crippen molar-refractivity contribution in [3.05, 3.63) is 72.4 Å². The summed E-state index contributed by atoms with van der Waals surface area (Å²) in [5.74, 6) is -2.20. The average molecular weight is 413 g/mol. The van der Waals surface area contributed by atoms with Crippen LogP contribution in [0.4, 0.5) is 0 Å². The molecule has 1 saturated heterocycles. The number of rotatable bonds is 10. The molecule has 4 atom stereocenters. The Morgan fingerprint density at radius 1 is 1.17 bits per heavy atom. The van der Waals surface area contributed by atoms with Crippen LogP contribution in [0.3, 0.4) is 0 Å². The van der Waals surface area contributed by atoms with Crippen LogP contribution in [0, 0.1) is 0 Å². The smallest absolute Gasteiger partial charge is 0.329 e. The van der Waals surface area contributed by atoms with E-state index in [4.69, 9.17) is 14.6 Å². The molecule has 0 spiro atoms. The molecule has 4 unspecified atom stereocenters. The Morgan fingerprint density at radius 3 is 2.37 bits per heavy atom. The second kappa shape index (κ2) is 10.5. The van der Waals surface area contributed by atoms with Gasteiger partial charge in [0, 0.05) is 18.9 Å². The first-order valence-electron chi connectivity index (χ1n) is 9.64. The largest absolute Gasteiger partial charge is 0.478 e. The van der Waals surface area contributed by atoms with Gasteiger partial charge in [0.25, 0.3) is 0 Å². The van der Waals surface area contributed by atoms with Crippen LogP contribution in [0.2, 0.25) is 0 Å². The molecule has 0 radical (unpaired) electrons. The van der Waals surface area contributed by atoms with E-state index in [1.165, 1.54) is 13.0 Å². The van der Waals surface area contributed by atoms with Gasteiger partial charge in [-0.3, -0.25) is 4.79 Å². The molecule has 7 nitrogen and oxygen atoms in total. The lowest BCUT2D eigenvalue weighted by atomic mass is 9.93. The van der Waals surface area contributed by atoms with E-state index in [0.29, 0.717) is 6.61 Å². The molecule has 1 aliphatic rings. The number of carboxylic acid groups (broad SMARTS) is 1. The van der Waals surface area contributed by atoms with E-state index in [1.807, 2.05) is 44.2 Å². The summed E-state index contributed by atoms with van der Waals surface area (Å²) in [6.45, 7) is 5.49. The molecule has 1 fully saturated rings. The number of aliphatic carboxylic acids is 1. The Bertz CT molecular complexity index is 839. The third kappa shape index (κ3) is 7.00. The molecule has 2 rings (SSSR count). The molecule has 7 heteroatoms. The number of carbonyl (C=O) groups excluding carboxylic acids is 2. The lowest BCUT2D eigenvalue weighted by Gasteiger charge is -2.26. The highest BCUT2D eigenvalue weighted by Crippen LogP contribution is 2.33. The normalized spacial score (nSPS) is 21.4. The first-order valence-corrected chi connectivity index (χ1v) is 9.64. The number of hydrogen-bond donors (Lipinski definition) is 2. The highest BCUT2D eigenvalue weighted by Gasteiger charge is 2.49. The van der Waals surface area contributed by atoms with Crippen LogP contribution in [-0.4, -0.2) is 47.3 Å². The van der Waals surface area contributed by atoms with Crippen LogP contribution in [0.1, 0.15) is 32.3 Å². The van der Waals surface area contributed by atoms with Gasteiger partial charge in [0.05, 0.1) is 6.61 Å². The molecule has 1 heterocycles. The van der Waals surface area contributed by atoms with Crippen molar-refractivity contribution in [1.29, 1.82) is 0 Å². The van der Waals surface area contributed by atoms with Crippen LogP contribution in [0.25, 0.3) is 0 Å². The first-order chi connectivity index (χ1) is 14.2. The van der Waals surface area contributed by atoms with Gasteiger partial charge in [-0.1, -0.05) is 61.6 Å². The molecule has 30 heavy (non-hydrogen) atoms. The molecular formula is C23H27NO6. The fourth-order valence-electron chi connectivity index (χ4n) is 2.83. The molecule has 1 amide bonds. The van der Waals surface area contributed by atoms with Crippen molar-refractivity contribution in [1.82, 2.24) is 5.32 Å². The van der Waals surface area contributed by atoms with Gasteiger partial charge in [-0.2, -0.15) is 0 Å². The van der Waals surface area contributed by atoms with Gasteiger partial charge in [0.1, 0.15) is 11.6 Å². The number of amides is 1. The predicted molar refractivity (Wildman–Crippen MR) is 112 cm³/mol. The number of allylic oxidation sites excluding steroid dienone is 4. The van der Waals surface area contributed by atoms with Gasteiger partial charge in [-0.05, 0) is 18.6 Å². The Morgan fingerprint density at radius 2 is 1.80 bits per heavy atom. The molecule has 1 aliphatic heterocycles. The minimum atomic E-state index is -1.04. The van der Waals surface area contributed by atoms with Gasteiger partial charge in [-0.15, -0.1) is 0 Å². The van der Waals surface area contributed by atoms with Crippen LogP contribution >= 0.6 is 0 Å². The topological polar surface area (TPSA) is 105 Å². The SMILES string of the molecule is CC(=O)NC(C(=O)OC(/C=C/C=C/C=C/C(=O)O)C1(C)CO1)C(C)c1ccccc1. The summed E-state index contributed by atoms with van der Waals surface area (Å²) in [7, 11) is 0. The van der Waals surface area contributed by atoms with Crippen molar-refractivity contribution >= 4 is 17.8 Å². The zero-order chi connectivity index (χ0) is 22.1. The maximum Gasteiger partial charge on any atom is 0.329 e. The Hall–Kier alpha value is -3.19. The second-order valence-electron chi connectivity index (χ2n) is 7.30. The molecule has 0 bridgehead atoms. The van der Waals surface area contributed by atoms with E-state index >= 15 is 0 Å². The van der Waals surface area contributed by atoms with Crippen LogP contribution in [0.5, 0.6) is 0 Å². The monoisotopic (exact) mass is 413 g/mol. The summed E-state index contributed by atoms with van der Waals surface area (Å²) in [6.07, 6.45) is 8.26. The van der Waals surface area contributed by atoms with E-state index in [0.717, 1.165) is 11.6 Å². The van der Waals surface area contributed by atoms with Gasteiger partial charge < -0.3 is 19.9 Å². The number of epoxide rings is 1. The van der Waals surface area contributed by atoms with E-state index < -0.39 is 29.7 Å². The lowest BCUT2D eigenvalue weighted by Crippen LogP contribution is -2.46. The van der Waals surface area contributed by atoms with E-state index in [1.54, 1.807) is 24.3 Å². The van der Waals surface area contributed by atoms with Crippen molar-refractivity contribution in [2.24, 2.45) is 0 Å². The summed E-state index contributed by atoms with van der Waals surface area (Å²) in [5.41, 5.74) is 0.274. The molecule has 0 saturated carbocycles. The number of benzene rings is 1. The summed E-state index contributed by atoms with van der Waals surface area (Å²) < 4.78 is 11.2. The second-order valence-corrected chi connectivity index (χ2v) is 7.30. The number of esters is 1. The number of carbonyl (C=O) groups is 3. The molecule has 2 N–H and O–H groups in total. The summed E-state index contributed by atoms with van der Waals surface area (Å²) in [5, 5.41) is 11.3. The minimum absolute atomic E-state index is 0.291. The van der Waals surface area contributed by atoms with E-state index in [9.17, 15) is 14.4 Å². The molecule has 1 aromatic carbocycles. The Kier molecular flexibility index (Phi) is 8.12. The summed E-state index contributed by atoms with van der Waals surface area (Å²) >= 11 is 0. The molecule has 160 valence electrons. The lowest BCUT2D eigenvalue weighted by molar-refractivity contribution is -0.154. The third-order valence-corrected chi connectivity index (χ3v) is 4.74. The van der Waals surface area contributed by atoms with Gasteiger partial charge in [-0.25, -0.2) is 9.59 Å². The molecule has 1 aromatic rings. The number of ether oxygens (including phenoxy) is 2. The van der Waals surface area contributed by atoms with Crippen molar-refractivity contribution in [2.75, 3.05) is 6.61 Å². The van der Waals surface area contributed by atoms with Crippen molar-refractivity contribution < 1.29 is 29.0 Å². The average Bonchev–Trinajstić information content (AvgIpc) is 3.46. The number of hydrogen-bond acceptors (Lipinski definition) is 5. The zero-order valence-electron chi connectivity index (χ0n) is 17.3. The van der Waals surface area contributed by atoms with Crippen molar-refractivity contribution in [2.45, 2.75) is 44.4 Å². The maximum atomic E-state index is 13.0. The van der Waals surface area contributed by atoms with Gasteiger partial charge in [0.15, 0.2) is 6.10 Å². The quantitative estimate of drug-likeness (QED) is 0.264. The van der Waals surface area contributed by atoms with Gasteiger partial charge in [0.2, 0.25) is 5.91 Å².